The molecule has 134 valence electrons. The van der Waals surface area contributed by atoms with E-state index in [2.05, 4.69) is 10.5 Å². The smallest absolute Gasteiger partial charge is 0.338 e. The average Bonchev–Trinajstić information content (AvgIpc) is 2.95. The number of carbonyl (C=O) groups is 2. The van der Waals surface area contributed by atoms with Crippen LogP contribution in [-0.2, 0) is 16.1 Å². The molecule has 0 aliphatic rings. The number of aryl methyl sites for hydroxylation is 2. The molecule has 8 heteroatoms. The van der Waals surface area contributed by atoms with E-state index in [1.54, 1.807) is 6.07 Å². The first-order chi connectivity index (χ1) is 12.0. The van der Waals surface area contributed by atoms with Crippen LogP contribution in [0.4, 0.5) is 0 Å². The number of nitrogens with one attached hydrogen (secondary N) is 1. The summed E-state index contributed by atoms with van der Waals surface area (Å²) in [7, 11) is 2.93. The Morgan fingerprint density at radius 2 is 2.00 bits per heavy atom. The number of amides is 1. The van der Waals surface area contributed by atoms with Crippen molar-refractivity contribution in [2.45, 2.75) is 20.5 Å². The highest BCUT2D eigenvalue weighted by atomic mass is 16.5. The topological polar surface area (TPSA) is 99.9 Å². The molecule has 1 heterocycles. The Morgan fingerprint density at radius 3 is 2.60 bits per heavy atom. The maximum atomic E-state index is 12.0. The lowest BCUT2D eigenvalue weighted by Gasteiger charge is -2.12. The minimum Gasteiger partial charge on any atom is -0.493 e. The SMILES string of the molecule is CNC(=O)COC(=O)c1ccc(OCc2c(C)noc2C)c(OC)c1. The summed E-state index contributed by atoms with van der Waals surface area (Å²) in [6.07, 6.45) is 0. The summed E-state index contributed by atoms with van der Waals surface area (Å²) in [4.78, 5) is 23.1. The lowest BCUT2D eigenvalue weighted by atomic mass is 10.2. The van der Waals surface area contributed by atoms with Crippen molar-refractivity contribution in [1.82, 2.24) is 10.5 Å². The van der Waals surface area contributed by atoms with Gasteiger partial charge in [0.2, 0.25) is 0 Å². The van der Waals surface area contributed by atoms with Gasteiger partial charge in [0.05, 0.1) is 23.9 Å². The van der Waals surface area contributed by atoms with Gasteiger partial charge in [-0.25, -0.2) is 4.79 Å². The second-order valence-corrected chi connectivity index (χ2v) is 5.21. The van der Waals surface area contributed by atoms with E-state index in [9.17, 15) is 9.59 Å². The molecule has 0 atom stereocenters. The molecule has 25 heavy (non-hydrogen) atoms. The fraction of sp³-hybridized carbons (Fsp3) is 0.353. The van der Waals surface area contributed by atoms with Crippen LogP contribution in [0.1, 0.15) is 27.4 Å². The van der Waals surface area contributed by atoms with E-state index in [0.29, 0.717) is 17.3 Å². The van der Waals surface area contributed by atoms with E-state index >= 15 is 0 Å². The van der Waals surface area contributed by atoms with E-state index < -0.39 is 5.97 Å². The number of carbonyl (C=O) groups excluding carboxylic acids is 2. The molecule has 1 aromatic heterocycles. The van der Waals surface area contributed by atoms with Gasteiger partial charge in [0.1, 0.15) is 12.4 Å². The molecule has 2 rings (SSSR count). The van der Waals surface area contributed by atoms with Crippen LogP contribution in [-0.4, -0.2) is 37.8 Å². The number of rotatable bonds is 7. The van der Waals surface area contributed by atoms with Gasteiger partial charge in [-0.3, -0.25) is 4.79 Å². The molecule has 0 fully saturated rings. The molecule has 0 bridgehead atoms. The molecule has 0 saturated carbocycles. The van der Waals surface area contributed by atoms with Gasteiger partial charge >= 0.3 is 5.97 Å². The molecular weight excluding hydrogens is 328 g/mol. The zero-order valence-electron chi connectivity index (χ0n) is 14.5. The maximum absolute atomic E-state index is 12.0. The van der Waals surface area contributed by atoms with Crippen LogP contribution >= 0.6 is 0 Å². The highest BCUT2D eigenvalue weighted by Gasteiger charge is 2.15. The standard InChI is InChI=1S/C17H20N2O6/c1-10-13(11(2)25-19-10)8-23-14-6-5-12(7-15(14)22-4)17(21)24-9-16(20)18-3/h5-7H,8-9H2,1-4H3,(H,18,20). The summed E-state index contributed by atoms with van der Waals surface area (Å²) in [6.45, 7) is 3.55. The molecule has 1 aromatic carbocycles. The van der Waals surface area contributed by atoms with Crippen LogP contribution in [0, 0.1) is 13.8 Å². The van der Waals surface area contributed by atoms with Gasteiger partial charge in [0, 0.05) is 7.05 Å². The summed E-state index contributed by atoms with van der Waals surface area (Å²) in [5.74, 6) is 0.510. The lowest BCUT2D eigenvalue weighted by Crippen LogP contribution is -2.25. The van der Waals surface area contributed by atoms with Gasteiger partial charge in [0.15, 0.2) is 18.1 Å². The Kier molecular flexibility index (Phi) is 5.99. The number of aromatic nitrogens is 1. The Hall–Kier alpha value is -3.03. The number of nitrogens with zero attached hydrogens (tertiary/aromatic N) is 1. The molecule has 0 radical (unpaired) electrons. The van der Waals surface area contributed by atoms with Crippen molar-refractivity contribution < 1.29 is 28.3 Å². The zero-order valence-corrected chi connectivity index (χ0v) is 14.5. The van der Waals surface area contributed by atoms with Crippen molar-refractivity contribution in [2.24, 2.45) is 0 Å². The van der Waals surface area contributed by atoms with Gasteiger partial charge in [-0.1, -0.05) is 5.16 Å². The van der Waals surface area contributed by atoms with Crippen molar-refractivity contribution in [3.05, 3.63) is 40.8 Å². The first-order valence-electron chi connectivity index (χ1n) is 7.56. The predicted molar refractivity (Wildman–Crippen MR) is 87.7 cm³/mol. The zero-order chi connectivity index (χ0) is 18.4. The molecule has 0 aliphatic carbocycles. The van der Waals surface area contributed by atoms with Crippen LogP contribution in [0.25, 0.3) is 0 Å². The Labute approximate surface area is 145 Å². The fourth-order valence-electron chi connectivity index (χ4n) is 2.06. The van der Waals surface area contributed by atoms with E-state index in [4.69, 9.17) is 18.7 Å². The first-order valence-corrected chi connectivity index (χ1v) is 7.56. The molecule has 1 N–H and O–H groups in total. The van der Waals surface area contributed by atoms with Crippen LogP contribution in [0.15, 0.2) is 22.7 Å². The fourth-order valence-corrected chi connectivity index (χ4v) is 2.06. The number of benzene rings is 1. The average molecular weight is 348 g/mol. The van der Waals surface area contributed by atoms with Crippen molar-refractivity contribution in [1.29, 1.82) is 0 Å². The second-order valence-electron chi connectivity index (χ2n) is 5.21. The Bertz CT molecular complexity index is 749. The minimum atomic E-state index is -0.626. The molecule has 0 spiro atoms. The van der Waals surface area contributed by atoms with Crippen LogP contribution in [0.2, 0.25) is 0 Å². The summed E-state index contributed by atoms with van der Waals surface area (Å²) in [5, 5.41) is 6.24. The summed E-state index contributed by atoms with van der Waals surface area (Å²) >= 11 is 0. The van der Waals surface area contributed by atoms with Gasteiger partial charge in [-0.2, -0.15) is 0 Å². The van der Waals surface area contributed by atoms with E-state index in [1.165, 1.54) is 26.3 Å². The predicted octanol–water partition coefficient (Wildman–Crippen LogP) is 1.78. The summed E-state index contributed by atoms with van der Waals surface area (Å²) in [6, 6.07) is 4.64. The number of hydrogen-bond acceptors (Lipinski definition) is 7. The largest absolute Gasteiger partial charge is 0.493 e. The van der Waals surface area contributed by atoms with Gasteiger partial charge in [-0.15, -0.1) is 0 Å². The third kappa shape index (κ3) is 4.50. The van der Waals surface area contributed by atoms with E-state index in [1.807, 2.05) is 13.8 Å². The van der Waals surface area contributed by atoms with Crippen LogP contribution in [0.3, 0.4) is 0 Å². The highest BCUT2D eigenvalue weighted by Crippen LogP contribution is 2.29. The Morgan fingerprint density at radius 1 is 1.24 bits per heavy atom. The first kappa shape index (κ1) is 18.3. The third-order valence-electron chi connectivity index (χ3n) is 3.57. The molecule has 2 aromatic rings. The van der Waals surface area contributed by atoms with Gasteiger partial charge in [0.25, 0.3) is 5.91 Å². The van der Waals surface area contributed by atoms with Crippen LogP contribution in [0.5, 0.6) is 11.5 Å². The molecule has 0 aliphatic heterocycles. The number of hydrogen-bond donors (Lipinski definition) is 1. The monoisotopic (exact) mass is 348 g/mol. The van der Waals surface area contributed by atoms with Gasteiger partial charge < -0.3 is 24.1 Å². The number of esters is 1. The van der Waals surface area contributed by atoms with Crippen molar-refractivity contribution >= 4 is 11.9 Å². The second kappa shape index (κ2) is 8.18. The van der Waals surface area contributed by atoms with Gasteiger partial charge in [-0.05, 0) is 32.0 Å². The van der Waals surface area contributed by atoms with Crippen molar-refractivity contribution in [3.63, 3.8) is 0 Å². The minimum absolute atomic E-state index is 0.255. The van der Waals surface area contributed by atoms with Crippen LogP contribution < -0.4 is 14.8 Å². The number of likely N-dealkylation sites (N-methyl/N-ethyl adjacent to an activating group) is 1. The Balaban J connectivity index is 2.08. The lowest BCUT2D eigenvalue weighted by molar-refractivity contribution is -0.123. The molecule has 1 amide bonds. The van der Waals surface area contributed by atoms with E-state index in [0.717, 1.165) is 11.3 Å². The summed E-state index contributed by atoms with van der Waals surface area (Å²) < 4.78 is 21.0. The quantitative estimate of drug-likeness (QED) is 0.761. The molecule has 0 unspecified atom stereocenters. The normalized spacial score (nSPS) is 10.2. The summed E-state index contributed by atoms with van der Waals surface area (Å²) in [5.41, 5.74) is 1.87. The number of ether oxygens (including phenoxy) is 3. The highest BCUT2D eigenvalue weighted by molar-refractivity contribution is 5.92. The molecular formula is C17H20N2O6. The van der Waals surface area contributed by atoms with Crippen molar-refractivity contribution in [3.8, 4) is 11.5 Å². The maximum Gasteiger partial charge on any atom is 0.338 e. The van der Waals surface area contributed by atoms with Crippen molar-refractivity contribution in [2.75, 3.05) is 20.8 Å². The van der Waals surface area contributed by atoms with E-state index in [-0.39, 0.29) is 24.7 Å². The number of methoxy groups -OCH3 is 1. The molecule has 0 saturated heterocycles. The molecule has 8 nitrogen and oxygen atoms in total. The third-order valence-corrected chi connectivity index (χ3v) is 3.57.